The van der Waals surface area contributed by atoms with Gasteiger partial charge in [-0.3, -0.25) is 4.98 Å². The minimum absolute atomic E-state index is 0.593. The second-order valence-electron chi connectivity index (χ2n) is 4.67. The van der Waals surface area contributed by atoms with Crippen LogP contribution in [0.4, 0.5) is 0 Å². The van der Waals surface area contributed by atoms with E-state index in [0.29, 0.717) is 12.0 Å². The zero-order valence-electron chi connectivity index (χ0n) is 9.86. The predicted octanol–water partition coefficient (Wildman–Crippen LogP) is 2.83. The van der Waals surface area contributed by atoms with Crippen LogP contribution >= 0.6 is 15.9 Å². The van der Waals surface area contributed by atoms with Crippen LogP contribution in [-0.2, 0) is 0 Å². The van der Waals surface area contributed by atoms with E-state index in [1.165, 1.54) is 25.9 Å². The molecule has 2 heterocycles. The number of aromatic nitrogens is 2. The van der Waals surface area contributed by atoms with Crippen LogP contribution in [0.1, 0.15) is 38.3 Å². The number of likely N-dealkylation sites (tertiary alicyclic amines) is 1. The van der Waals surface area contributed by atoms with Gasteiger partial charge in [0.25, 0.3) is 0 Å². The lowest BCUT2D eigenvalue weighted by molar-refractivity contribution is 0.170. The molecule has 2 rings (SSSR count). The number of piperidine rings is 1. The molecule has 0 atom stereocenters. The summed E-state index contributed by atoms with van der Waals surface area (Å²) in [5, 5.41) is 0. The highest BCUT2D eigenvalue weighted by molar-refractivity contribution is 9.10. The van der Waals surface area contributed by atoms with Gasteiger partial charge in [-0.25, -0.2) is 4.98 Å². The van der Waals surface area contributed by atoms with Crippen LogP contribution in [0.2, 0.25) is 0 Å². The van der Waals surface area contributed by atoms with Gasteiger partial charge in [0.15, 0.2) is 0 Å². The maximum absolute atomic E-state index is 4.44. The van der Waals surface area contributed by atoms with E-state index in [1.807, 2.05) is 6.20 Å². The number of hydrogen-bond acceptors (Lipinski definition) is 3. The second kappa shape index (κ2) is 5.23. The summed E-state index contributed by atoms with van der Waals surface area (Å²) in [6.45, 7) is 6.89. The highest BCUT2D eigenvalue weighted by Gasteiger charge is 2.22. The summed E-state index contributed by atoms with van der Waals surface area (Å²) >= 11 is 3.32. The van der Waals surface area contributed by atoms with Crippen LogP contribution in [0.5, 0.6) is 0 Å². The molecule has 1 aliphatic heterocycles. The van der Waals surface area contributed by atoms with Crippen LogP contribution in [-0.4, -0.2) is 34.0 Å². The van der Waals surface area contributed by atoms with Gasteiger partial charge in [0.1, 0.15) is 4.60 Å². The van der Waals surface area contributed by atoms with Gasteiger partial charge in [-0.2, -0.15) is 0 Å². The van der Waals surface area contributed by atoms with Crippen molar-refractivity contribution in [3.8, 4) is 0 Å². The van der Waals surface area contributed by atoms with Crippen molar-refractivity contribution in [1.82, 2.24) is 14.9 Å². The summed E-state index contributed by atoms with van der Waals surface area (Å²) in [4.78, 5) is 11.2. The van der Waals surface area contributed by atoms with E-state index >= 15 is 0 Å². The Balaban J connectivity index is 1.96. The van der Waals surface area contributed by atoms with Gasteiger partial charge in [-0.1, -0.05) is 0 Å². The fourth-order valence-electron chi connectivity index (χ4n) is 2.24. The largest absolute Gasteiger partial charge is 0.301 e. The third kappa shape index (κ3) is 2.80. The molecule has 1 aliphatic rings. The molecule has 88 valence electrons. The van der Waals surface area contributed by atoms with Crippen molar-refractivity contribution in [3.63, 3.8) is 0 Å². The molecule has 4 heteroatoms. The van der Waals surface area contributed by atoms with Crippen molar-refractivity contribution >= 4 is 15.9 Å². The molecule has 0 N–H and O–H groups in total. The summed E-state index contributed by atoms with van der Waals surface area (Å²) < 4.78 is 0.816. The molecule has 0 aliphatic carbocycles. The van der Waals surface area contributed by atoms with E-state index in [9.17, 15) is 0 Å². The SMILES string of the molecule is CC(C)N1CCC(c2cnc(Br)cn2)CC1. The molecular weight excluding hydrogens is 266 g/mol. The molecule has 0 bridgehead atoms. The van der Waals surface area contributed by atoms with E-state index in [0.717, 1.165) is 10.3 Å². The first kappa shape index (κ1) is 12.0. The van der Waals surface area contributed by atoms with Gasteiger partial charge < -0.3 is 4.90 Å². The Bertz CT molecular complexity index is 329. The maximum atomic E-state index is 4.44. The minimum atomic E-state index is 0.593. The Hall–Kier alpha value is -0.480. The zero-order chi connectivity index (χ0) is 11.5. The Morgan fingerprint density at radius 2 is 1.94 bits per heavy atom. The molecule has 1 aromatic rings. The first-order chi connectivity index (χ1) is 7.66. The molecular formula is C12H18BrN3. The monoisotopic (exact) mass is 283 g/mol. The van der Waals surface area contributed by atoms with Crippen LogP contribution in [0.3, 0.4) is 0 Å². The topological polar surface area (TPSA) is 29.0 Å². The first-order valence-corrected chi connectivity index (χ1v) is 6.67. The van der Waals surface area contributed by atoms with Crippen molar-refractivity contribution in [2.45, 2.75) is 38.6 Å². The molecule has 0 aromatic carbocycles. The zero-order valence-corrected chi connectivity index (χ0v) is 11.4. The van der Waals surface area contributed by atoms with Crippen molar-refractivity contribution in [3.05, 3.63) is 22.7 Å². The van der Waals surface area contributed by atoms with Crippen LogP contribution < -0.4 is 0 Å². The Kier molecular flexibility index (Phi) is 3.92. The molecule has 1 aromatic heterocycles. The number of rotatable bonds is 2. The average molecular weight is 284 g/mol. The van der Waals surface area contributed by atoms with Gasteiger partial charge in [0, 0.05) is 18.2 Å². The molecule has 1 fully saturated rings. The van der Waals surface area contributed by atoms with E-state index in [4.69, 9.17) is 0 Å². The predicted molar refractivity (Wildman–Crippen MR) is 68.4 cm³/mol. The minimum Gasteiger partial charge on any atom is -0.301 e. The highest BCUT2D eigenvalue weighted by Crippen LogP contribution is 2.27. The van der Waals surface area contributed by atoms with Gasteiger partial charge in [-0.05, 0) is 55.7 Å². The first-order valence-electron chi connectivity index (χ1n) is 5.88. The lowest BCUT2D eigenvalue weighted by atomic mass is 9.93. The van der Waals surface area contributed by atoms with Gasteiger partial charge in [0.05, 0.1) is 11.9 Å². The maximum Gasteiger partial charge on any atom is 0.124 e. The van der Waals surface area contributed by atoms with Gasteiger partial charge >= 0.3 is 0 Å². The molecule has 16 heavy (non-hydrogen) atoms. The van der Waals surface area contributed by atoms with E-state index < -0.39 is 0 Å². The van der Waals surface area contributed by atoms with Crippen molar-refractivity contribution in [2.75, 3.05) is 13.1 Å². The van der Waals surface area contributed by atoms with Crippen LogP contribution in [0.15, 0.2) is 17.0 Å². The molecule has 0 radical (unpaired) electrons. The molecule has 0 saturated carbocycles. The molecule has 1 saturated heterocycles. The summed E-state index contributed by atoms with van der Waals surface area (Å²) in [6.07, 6.45) is 6.10. The summed E-state index contributed by atoms with van der Waals surface area (Å²) in [5.41, 5.74) is 1.15. The lowest BCUT2D eigenvalue weighted by Gasteiger charge is -2.34. The van der Waals surface area contributed by atoms with Crippen molar-refractivity contribution in [2.24, 2.45) is 0 Å². The van der Waals surface area contributed by atoms with Gasteiger partial charge in [-0.15, -0.1) is 0 Å². The number of hydrogen-bond donors (Lipinski definition) is 0. The standard InChI is InChI=1S/C12H18BrN3/c1-9(2)16-5-3-10(4-6-16)11-7-15-12(13)8-14-11/h7-10H,3-6H2,1-2H3. The van der Waals surface area contributed by atoms with Crippen molar-refractivity contribution in [1.29, 1.82) is 0 Å². The molecule has 0 spiro atoms. The molecule has 0 unspecified atom stereocenters. The Labute approximate surface area is 105 Å². The van der Waals surface area contributed by atoms with E-state index in [2.05, 4.69) is 44.6 Å². The normalized spacial score (nSPS) is 19.2. The quantitative estimate of drug-likeness (QED) is 0.836. The summed E-state index contributed by atoms with van der Waals surface area (Å²) in [7, 11) is 0. The Morgan fingerprint density at radius 3 is 2.44 bits per heavy atom. The van der Waals surface area contributed by atoms with Crippen molar-refractivity contribution < 1.29 is 0 Å². The fourth-order valence-corrected chi connectivity index (χ4v) is 2.45. The second-order valence-corrected chi connectivity index (χ2v) is 5.48. The third-order valence-electron chi connectivity index (χ3n) is 3.32. The van der Waals surface area contributed by atoms with Crippen LogP contribution in [0, 0.1) is 0 Å². The smallest absolute Gasteiger partial charge is 0.124 e. The number of nitrogens with zero attached hydrogens (tertiary/aromatic N) is 3. The van der Waals surface area contributed by atoms with Gasteiger partial charge in [0.2, 0.25) is 0 Å². The number of halogens is 1. The summed E-state index contributed by atoms with van der Waals surface area (Å²) in [5.74, 6) is 0.593. The lowest BCUT2D eigenvalue weighted by Crippen LogP contribution is -2.38. The molecule has 3 nitrogen and oxygen atoms in total. The highest BCUT2D eigenvalue weighted by atomic mass is 79.9. The van der Waals surface area contributed by atoms with E-state index in [-0.39, 0.29) is 0 Å². The van der Waals surface area contributed by atoms with Crippen LogP contribution in [0.25, 0.3) is 0 Å². The average Bonchev–Trinajstić information content (AvgIpc) is 2.30. The fraction of sp³-hybridized carbons (Fsp3) is 0.667. The molecule has 0 amide bonds. The van der Waals surface area contributed by atoms with E-state index in [1.54, 1.807) is 6.20 Å². The third-order valence-corrected chi connectivity index (χ3v) is 3.73. The Morgan fingerprint density at radius 1 is 1.25 bits per heavy atom. The summed E-state index contributed by atoms with van der Waals surface area (Å²) in [6, 6.07) is 0.664.